The summed E-state index contributed by atoms with van der Waals surface area (Å²) in [4.78, 5) is 14.4. The Hall–Kier alpha value is -3.25. The molecule has 2 unspecified atom stereocenters. The SMILES string of the molecule is COc1ccc(OC)c(Cc2ccc(C(=O)N(C)C(C)C(O)c3ccccc3)o2)c1. The molecule has 30 heavy (non-hydrogen) atoms. The fraction of sp³-hybridized carbons (Fsp3) is 0.292. The van der Waals surface area contributed by atoms with Crippen LogP contribution in [0.2, 0.25) is 0 Å². The molecule has 1 N–H and O–H groups in total. The number of methoxy groups -OCH3 is 2. The average Bonchev–Trinajstić information content (AvgIpc) is 3.26. The third-order valence-corrected chi connectivity index (χ3v) is 5.25. The van der Waals surface area contributed by atoms with Crippen molar-refractivity contribution in [3.05, 3.63) is 83.3 Å². The fourth-order valence-corrected chi connectivity index (χ4v) is 3.29. The van der Waals surface area contributed by atoms with E-state index < -0.39 is 12.1 Å². The van der Waals surface area contributed by atoms with E-state index >= 15 is 0 Å². The highest BCUT2D eigenvalue weighted by Crippen LogP contribution is 2.27. The lowest BCUT2D eigenvalue weighted by Gasteiger charge is -2.28. The molecule has 0 bridgehead atoms. The first kappa shape index (κ1) is 21.5. The van der Waals surface area contributed by atoms with Crippen LogP contribution in [0.5, 0.6) is 11.5 Å². The molecule has 0 aliphatic carbocycles. The Morgan fingerprint density at radius 2 is 1.80 bits per heavy atom. The summed E-state index contributed by atoms with van der Waals surface area (Å²) in [7, 11) is 4.87. The van der Waals surface area contributed by atoms with Crippen molar-refractivity contribution in [3.8, 4) is 11.5 Å². The first-order chi connectivity index (χ1) is 14.4. The summed E-state index contributed by atoms with van der Waals surface area (Å²) in [6.07, 6.45) is -0.338. The van der Waals surface area contributed by atoms with Crippen LogP contribution in [-0.4, -0.2) is 43.2 Å². The average molecular weight is 409 g/mol. The van der Waals surface area contributed by atoms with E-state index in [0.29, 0.717) is 12.2 Å². The minimum Gasteiger partial charge on any atom is -0.497 e. The first-order valence-electron chi connectivity index (χ1n) is 9.74. The largest absolute Gasteiger partial charge is 0.497 e. The summed E-state index contributed by atoms with van der Waals surface area (Å²) in [5.74, 6) is 2.01. The van der Waals surface area contributed by atoms with Gasteiger partial charge in [-0.2, -0.15) is 0 Å². The summed E-state index contributed by atoms with van der Waals surface area (Å²) in [6.45, 7) is 1.81. The normalized spacial score (nSPS) is 12.8. The summed E-state index contributed by atoms with van der Waals surface area (Å²) in [6, 6.07) is 17.8. The van der Waals surface area contributed by atoms with E-state index in [4.69, 9.17) is 13.9 Å². The van der Waals surface area contributed by atoms with Crippen molar-refractivity contribution in [1.82, 2.24) is 4.90 Å². The van der Waals surface area contributed by atoms with Gasteiger partial charge >= 0.3 is 0 Å². The Bertz CT molecular complexity index is 982. The van der Waals surface area contributed by atoms with Gasteiger partial charge in [0.05, 0.1) is 26.4 Å². The lowest BCUT2D eigenvalue weighted by atomic mass is 10.0. The van der Waals surface area contributed by atoms with Crippen molar-refractivity contribution >= 4 is 5.91 Å². The van der Waals surface area contributed by atoms with Gasteiger partial charge in [0.25, 0.3) is 5.91 Å². The van der Waals surface area contributed by atoms with Crippen molar-refractivity contribution in [2.45, 2.75) is 25.5 Å². The van der Waals surface area contributed by atoms with Gasteiger partial charge < -0.3 is 23.9 Å². The van der Waals surface area contributed by atoms with E-state index in [1.54, 1.807) is 40.3 Å². The summed E-state index contributed by atoms with van der Waals surface area (Å²) < 4.78 is 16.5. The summed E-state index contributed by atoms with van der Waals surface area (Å²) in [5, 5.41) is 10.6. The topological polar surface area (TPSA) is 72.1 Å². The number of carbonyl (C=O) groups is 1. The molecule has 0 radical (unpaired) electrons. The van der Waals surface area contributed by atoms with Gasteiger partial charge in [0.2, 0.25) is 0 Å². The molecule has 1 amide bonds. The van der Waals surface area contributed by atoms with Crippen molar-refractivity contribution in [2.75, 3.05) is 21.3 Å². The minimum atomic E-state index is -0.796. The maximum absolute atomic E-state index is 12.9. The van der Waals surface area contributed by atoms with Gasteiger partial charge in [-0.15, -0.1) is 0 Å². The third kappa shape index (κ3) is 4.66. The van der Waals surface area contributed by atoms with Crippen molar-refractivity contribution in [2.24, 2.45) is 0 Å². The molecule has 0 aliphatic rings. The Kier molecular flexibility index (Phi) is 6.79. The van der Waals surface area contributed by atoms with Crippen LogP contribution in [0.1, 0.15) is 40.5 Å². The molecule has 0 fully saturated rings. The number of hydrogen-bond donors (Lipinski definition) is 1. The molecule has 158 valence electrons. The first-order valence-corrected chi connectivity index (χ1v) is 9.74. The van der Waals surface area contributed by atoms with Crippen LogP contribution in [-0.2, 0) is 6.42 Å². The molecular weight excluding hydrogens is 382 g/mol. The summed E-state index contributed by atoms with van der Waals surface area (Å²) >= 11 is 0. The second kappa shape index (κ2) is 9.50. The lowest BCUT2D eigenvalue weighted by molar-refractivity contribution is 0.0460. The zero-order valence-electron chi connectivity index (χ0n) is 17.7. The molecule has 0 aliphatic heterocycles. The maximum Gasteiger partial charge on any atom is 0.289 e. The van der Waals surface area contributed by atoms with Crippen LogP contribution >= 0.6 is 0 Å². The van der Waals surface area contributed by atoms with Crippen molar-refractivity contribution in [3.63, 3.8) is 0 Å². The Labute approximate surface area is 176 Å². The van der Waals surface area contributed by atoms with Crippen LogP contribution in [0.4, 0.5) is 0 Å². The highest BCUT2D eigenvalue weighted by molar-refractivity contribution is 5.91. The van der Waals surface area contributed by atoms with E-state index in [0.717, 1.165) is 22.6 Å². The molecule has 1 aromatic heterocycles. The number of ether oxygens (including phenoxy) is 2. The number of carbonyl (C=O) groups excluding carboxylic acids is 1. The highest BCUT2D eigenvalue weighted by atomic mass is 16.5. The molecule has 6 nitrogen and oxygen atoms in total. The third-order valence-electron chi connectivity index (χ3n) is 5.25. The number of benzene rings is 2. The molecule has 1 heterocycles. The van der Waals surface area contributed by atoms with Gasteiger partial charge in [-0.05, 0) is 42.8 Å². The van der Waals surface area contributed by atoms with Gasteiger partial charge in [0.1, 0.15) is 17.3 Å². The highest BCUT2D eigenvalue weighted by Gasteiger charge is 2.26. The Morgan fingerprint density at radius 3 is 2.47 bits per heavy atom. The van der Waals surface area contributed by atoms with E-state index in [-0.39, 0.29) is 11.7 Å². The number of rotatable bonds is 8. The van der Waals surface area contributed by atoms with Crippen LogP contribution in [0.15, 0.2) is 65.1 Å². The molecule has 0 saturated heterocycles. The van der Waals surface area contributed by atoms with Crippen molar-refractivity contribution < 1.29 is 23.8 Å². The van der Waals surface area contributed by atoms with Gasteiger partial charge in [-0.25, -0.2) is 0 Å². The minimum absolute atomic E-state index is 0.224. The van der Waals surface area contributed by atoms with Crippen molar-refractivity contribution in [1.29, 1.82) is 0 Å². The molecule has 2 atom stereocenters. The van der Waals surface area contributed by atoms with Crippen LogP contribution in [0, 0.1) is 0 Å². The molecule has 3 aromatic rings. The van der Waals surface area contributed by atoms with Crippen LogP contribution < -0.4 is 9.47 Å². The number of furan rings is 1. The maximum atomic E-state index is 12.9. The zero-order chi connectivity index (χ0) is 21.7. The van der Waals surface area contributed by atoms with Gasteiger partial charge in [-0.1, -0.05) is 30.3 Å². The second-order valence-corrected chi connectivity index (χ2v) is 7.13. The van der Waals surface area contributed by atoms with Gasteiger partial charge in [0.15, 0.2) is 5.76 Å². The molecule has 0 spiro atoms. The number of aliphatic hydroxyl groups excluding tert-OH is 1. The van der Waals surface area contributed by atoms with Gasteiger partial charge in [-0.3, -0.25) is 4.79 Å². The molecular formula is C24H27NO5. The Balaban J connectivity index is 1.73. The number of hydrogen-bond acceptors (Lipinski definition) is 5. The quantitative estimate of drug-likeness (QED) is 0.607. The lowest BCUT2D eigenvalue weighted by Crippen LogP contribution is -2.38. The van der Waals surface area contributed by atoms with Gasteiger partial charge in [0, 0.05) is 19.0 Å². The summed E-state index contributed by atoms with van der Waals surface area (Å²) in [5.41, 5.74) is 1.65. The Morgan fingerprint density at radius 1 is 1.07 bits per heavy atom. The number of nitrogens with zero attached hydrogens (tertiary/aromatic N) is 1. The van der Waals surface area contributed by atoms with Crippen LogP contribution in [0.3, 0.4) is 0 Å². The molecule has 2 aromatic carbocycles. The molecule has 0 saturated carbocycles. The fourth-order valence-electron chi connectivity index (χ4n) is 3.29. The molecule has 3 rings (SSSR count). The number of aliphatic hydroxyl groups is 1. The van der Waals surface area contributed by atoms with E-state index in [9.17, 15) is 9.90 Å². The van der Waals surface area contributed by atoms with E-state index in [1.165, 1.54) is 4.90 Å². The second-order valence-electron chi connectivity index (χ2n) is 7.13. The standard InChI is InChI=1S/C24H27NO5/c1-16(23(26)17-8-6-5-7-9-17)25(2)24(27)22-13-11-20(30-22)15-18-14-19(28-3)10-12-21(18)29-4/h5-14,16,23,26H,15H2,1-4H3. The molecule has 6 heteroatoms. The number of likely N-dealkylation sites (N-methyl/N-ethyl adjacent to an activating group) is 1. The van der Waals surface area contributed by atoms with E-state index in [2.05, 4.69) is 0 Å². The predicted octanol–water partition coefficient (Wildman–Crippen LogP) is 4.08. The smallest absolute Gasteiger partial charge is 0.289 e. The van der Waals surface area contributed by atoms with Crippen LogP contribution in [0.25, 0.3) is 0 Å². The zero-order valence-corrected chi connectivity index (χ0v) is 17.7. The van der Waals surface area contributed by atoms with E-state index in [1.807, 2.05) is 48.5 Å². The predicted molar refractivity (Wildman–Crippen MR) is 114 cm³/mol. The number of amides is 1. The monoisotopic (exact) mass is 409 g/mol.